The minimum atomic E-state index is -0.627. The highest BCUT2D eigenvalue weighted by atomic mass is 35.5. The third-order valence-electron chi connectivity index (χ3n) is 2.47. The summed E-state index contributed by atoms with van der Waals surface area (Å²) >= 11 is 11.7. The summed E-state index contributed by atoms with van der Waals surface area (Å²) in [6.45, 7) is 0.326. The van der Waals surface area contributed by atoms with Gasteiger partial charge in [0.15, 0.2) is 5.82 Å². The highest BCUT2D eigenvalue weighted by molar-refractivity contribution is 6.42. The van der Waals surface area contributed by atoms with Gasteiger partial charge in [0.05, 0.1) is 23.7 Å². The van der Waals surface area contributed by atoms with E-state index >= 15 is 0 Å². The summed E-state index contributed by atoms with van der Waals surface area (Å²) in [6, 6.07) is 5.16. The molecule has 0 aliphatic rings. The van der Waals surface area contributed by atoms with Crippen molar-refractivity contribution in [2.45, 2.75) is 6.54 Å². The molecule has 1 heterocycles. The molecule has 0 radical (unpaired) electrons. The zero-order valence-electron chi connectivity index (χ0n) is 9.93. The number of nitrogens with zero attached hydrogens (tertiary/aromatic N) is 3. The van der Waals surface area contributed by atoms with Crippen molar-refractivity contribution >= 4 is 35.0 Å². The average Bonchev–Trinajstić information content (AvgIpc) is 2.75. The lowest BCUT2D eigenvalue weighted by Gasteiger charge is -2.05. The van der Waals surface area contributed by atoms with Crippen molar-refractivity contribution in [3.63, 3.8) is 0 Å². The molecule has 1 aromatic carbocycles. The van der Waals surface area contributed by atoms with Crippen LogP contribution < -0.4 is 5.73 Å². The van der Waals surface area contributed by atoms with Crippen LogP contribution in [-0.4, -0.2) is 28.1 Å². The van der Waals surface area contributed by atoms with Gasteiger partial charge in [-0.2, -0.15) is 0 Å². The zero-order chi connectivity index (χ0) is 14.0. The molecule has 2 N–H and O–H groups in total. The van der Waals surface area contributed by atoms with Crippen molar-refractivity contribution < 1.29 is 9.53 Å². The van der Waals surface area contributed by atoms with Gasteiger partial charge in [-0.15, -0.1) is 5.10 Å². The van der Waals surface area contributed by atoms with Gasteiger partial charge in [-0.3, -0.25) is 0 Å². The van der Waals surface area contributed by atoms with E-state index in [2.05, 4.69) is 15.0 Å². The van der Waals surface area contributed by atoms with E-state index in [1.165, 1.54) is 11.8 Å². The van der Waals surface area contributed by atoms with E-state index < -0.39 is 5.97 Å². The van der Waals surface area contributed by atoms with Crippen LogP contribution in [0.5, 0.6) is 0 Å². The van der Waals surface area contributed by atoms with E-state index in [1.807, 2.05) is 0 Å². The normalized spacial score (nSPS) is 10.5. The van der Waals surface area contributed by atoms with Gasteiger partial charge in [0.2, 0.25) is 5.69 Å². The number of hydrogen-bond donors (Lipinski definition) is 1. The fourth-order valence-corrected chi connectivity index (χ4v) is 1.81. The molecule has 0 amide bonds. The second-order valence-corrected chi connectivity index (χ2v) is 4.54. The van der Waals surface area contributed by atoms with Crippen molar-refractivity contribution in [3.8, 4) is 0 Å². The first-order valence-electron chi connectivity index (χ1n) is 5.24. The van der Waals surface area contributed by atoms with Crippen molar-refractivity contribution in [1.82, 2.24) is 15.0 Å². The summed E-state index contributed by atoms with van der Waals surface area (Å²) in [7, 11) is 1.25. The number of nitrogens with two attached hydrogens (primary N) is 1. The predicted molar refractivity (Wildman–Crippen MR) is 71.3 cm³/mol. The van der Waals surface area contributed by atoms with Crippen LogP contribution in [0.2, 0.25) is 10.0 Å². The average molecular weight is 301 g/mol. The van der Waals surface area contributed by atoms with Crippen LogP contribution >= 0.6 is 23.2 Å². The molecule has 0 bridgehead atoms. The Morgan fingerprint density at radius 2 is 2.16 bits per heavy atom. The summed E-state index contributed by atoms with van der Waals surface area (Å²) in [5.41, 5.74) is 6.60. The minimum Gasteiger partial charge on any atom is -0.464 e. The van der Waals surface area contributed by atoms with Gasteiger partial charge in [-0.1, -0.05) is 34.5 Å². The summed E-state index contributed by atoms with van der Waals surface area (Å²) in [5, 5.41) is 8.38. The third-order valence-corrected chi connectivity index (χ3v) is 3.21. The highest BCUT2D eigenvalue weighted by Crippen LogP contribution is 2.23. The molecule has 0 unspecified atom stereocenters. The molecule has 0 aliphatic carbocycles. The van der Waals surface area contributed by atoms with E-state index in [0.717, 1.165) is 5.56 Å². The summed E-state index contributed by atoms with van der Waals surface area (Å²) < 4.78 is 5.92. The summed E-state index contributed by atoms with van der Waals surface area (Å²) in [4.78, 5) is 11.3. The Bertz CT molecular complexity index is 627. The topological polar surface area (TPSA) is 83.0 Å². The Labute approximate surface area is 119 Å². The van der Waals surface area contributed by atoms with Crippen LogP contribution in [0.4, 0.5) is 5.82 Å². The number of hydrogen-bond acceptors (Lipinski definition) is 5. The molecule has 1 aromatic heterocycles. The smallest absolute Gasteiger partial charge is 0.362 e. The molecule has 0 spiro atoms. The molecule has 8 heteroatoms. The fourth-order valence-electron chi connectivity index (χ4n) is 1.49. The standard InChI is InChI=1S/C11H10Cl2N4O2/c1-19-11(18)9-10(14)17(16-15-9)5-6-2-3-7(12)8(13)4-6/h2-4H,5,14H2,1H3. The predicted octanol–water partition coefficient (Wildman–Crippen LogP) is 2.00. The Morgan fingerprint density at radius 3 is 2.79 bits per heavy atom. The monoisotopic (exact) mass is 300 g/mol. The SMILES string of the molecule is COC(=O)c1nnn(Cc2ccc(Cl)c(Cl)c2)c1N. The lowest BCUT2D eigenvalue weighted by Crippen LogP contribution is -2.09. The van der Waals surface area contributed by atoms with Gasteiger partial charge < -0.3 is 10.5 Å². The number of methoxy groups -OCH3 is 1. The summed E-state index contributed by atoms with van der Waals surface area (Å²) in [6.07, 6.45) is 0. The Morgan fingerprint density at radius 1 is 1.42 bits per heavy atom. The number of benzene rings is 1. The molecular weight excluding hydrogens is 291 g/mol. The first kappa shape index (κ1) is 13.6. The summed E-state index contributed by atoms with van der Waals surface area (Å²) in [5.74, 6) is -0.490. The second kappa shape index (κ2) is 5.46. The molecular formula is C11H10Cl2N4O2. The maximum absolute atomic E-state index is 11.3. The third kappa shape index (κ3) is 2.80. The van der Waals surface area contributed by atoms with Crippen molar-refractivity contribution in [1.29, 1.82) is 0 Å². The van der Waals surface area contributed by atoms with Gasteiger partial charge in [0.1, 0.15) is 0 Å². The molecule has 6 nitrogen and oxygen atoms in total. The maximum atomic E-state index is 11.3. The van der Waals surface area contributed by atoms with Gasteiger partial charge >= 0.3 is 5.97 Å². The van der Waals surface area contributed by atoms with Crippen molar-refractivity contribution in [3.05, 3.63) is 39.5 Å². The number of aromatic nitrogens is 3. The van der Waals surface area contributed by atoms with Crippen molar-refractivity contribution in [2.24, 2.45) is 0 Å². The van der Waals surface area contributed by atoms with Crippen LogP contribution in [-0.2, 0) is 11.3 Å². The first-order chi connectivity index (χ1) is 9.02. The Balaban J connectivity index is 2.26. The minimum absolute atomic E-state index is 0.0115. The van der Waals surface area contributed by atoms with E-state index in [9.17, 15) is 4.79 Å². The number of carbonyl (C=O) groups is 1. The lowest BCUT2D eigenvalue weighted by molar-refractivity contribution is 0.0595. The molecule has 0 saturated carbocycles. The van der Waals surface area contributed by atoms with Crippen LogP contribution in [0, 0.1) is 0 Å². The second-order valence-electron chi connectivity index (χ2n) is 3.72. The fraction of sp³-hybridized carbons (Fsp3) is 0.182. The van der Waals surface area contributed by atoms with E-state index in [0.29, 0.717) is 16.6 Å². The largest absolute Gasteiger partial charge is 0.464 e. The quantitative estimate of drug-likeness (QED) is 0.877. The molecule has 0 atom stereocenters. The number of halogens is 2. The number of esters is 1. The number of carbonyl (C=O) groups excluding carboxylic acids is 1. The van der Waals surface area contributed by atoms with Crippen molar-refractivity contribution in [2.75, 3.05) is 12.8 Å². The van der Waals surface area contributed by atoms with Gasteiger partial charge in [0.25, 0.3) is 0 Å². The number of nitrogen functional groups attached to an aromatic ring is 1. The number of ether oxygens (including phenoxy) is 1. The van der Waals surface area contributed by atoms with Crippen LogP contribution in [0.1, 0.15) is 16.1 Å². The Hall–Kier alpha value is -1.79. The molecule has 2 aromatic rings. The lowest BCUT2D eigenvalue weighted by atomic mass is 10.2. The number of anilines is 1. The highest BCUT2D eigenvalue weighted by Gasteiger charge is 2.17. The molecule has 0 fully saturated rings. The molecule has 0 aliphatic heterocycles. The number of rotatable bonds is 3. The van der Waals surface area contributed by atoms with Crippen LogP contribution in [0.3, 0.4) is 0 Å². The van der Waals surface area contributed by atoms with E-state index in [4.69, 9.17) is 28.9 Å². The van der Waals surface area contributed by atoms with Gasteiger partial charge in [0, 0.05) is 0 Å². The Kier molecular flexibility index (Phi) is 3.92. The molecule has 100 valence electrons. The van der Waals surface area contributed by atoms with Crippen LogP contribution in [0.15, 0.2) is 18.2 Å². The zero-order valence-corrected chi connectivity index (χ0v) is 11.4. The van der Waals surface area contributed by atoms with Gasteiger partial charge in [-0.05, 0) is 17.7 Å². The molecule has 2 rings (SSSR count). The molecule has 0 saturated heterocycles. The first-order valence-corrected chi connectivity index (χ1v) is 5.99. The van der Waals surface area contributed by atoms with Gasteiger partial charge in [-0.25, -0.2) is 9.48 Å². The van der Waals surface area contributed by atoms with E-state index in [-0.39, 0.29) is 11.5 Å². The van der Waals surface area contributed by atoms with E-state index in [1.54, 1.807) is 18.2 Å². The maximum Gasteiger partial charge on any atom is 0.362 e. The molecule has 19 heavy (non-hydrogen) atoms. The van der Waals surface area contributed by atoms with Crippen LogP contribution in [0.25, 0.3) is 0 Å².